The molecule has 1 aliphatic carbocycles. The number of carbonyl (C=O) groups is 1. The van der Waals surface area contributed by atoms with Crippen molar-refractivity contribution in [2.75, 3.05) is 0 Å². The van der Waals surface area contributed by atoms with Crippen molar-refractivity contribution in [2.45, 2.75) is 58.4 Å². The summed E-state index contributed by atoms with van der Waals surface area (Å²) >= 11 is 0. The zero-order valence-corrected chi connectivity index (χ0v) is 11.4. The molecule has 1 rings (SSSR count). The van der Waals surface area contributed by atoms with Crippen LogP contribution >= 0.6 is 0 Å². The Bertz CT molecular complexity index is 299. The Hall–Kier alpha value is -1.26. The summed E-state index contributed by atoms with van der Waals surface area (Å²) < 4.78 is 0. The summed E-state index contributed by atoms with van der Waals surface area (Å²) in [6, 6.07) is -0.322. The smallest absolute Gasteiger partial charge is 0.223 e. The summed E-state index contributed by atoms with van der Waals surface area (Å²) in [5.41, 5.74) is 5.72. The first-order valence-corrected chi connectivity index (χ1v) is 6.87. The van der Waals surface area contributed by atoms with Gasteiger partial charge in [0.05, 0.1) is 6.04 Å². The summed E-state index contributed by atoms with van der Waals surface area (Å²) in [5, 5.41) is 14.9. The van der Waals surface area contributed by atoms with Crippen LogP contribution in [-0.4, -0.2) is 23.0 Å². The molecular formula is C13H25N3O2. The number of nitrogens with zero attached hydrogens (tertiary/aromatic N) is 1. The van der Waals surface area contributed by atoms with Crippen molar-refractivity contribution >= 4 is 11.7 Å². The van der Waals surface area contributed by atoms with Crippen molar-refractivity contribution in [2.24, 2.45) is 22.7 Å². The molecule has 2 unspecified atom stereocenters. The fourth-order valence-corrected chi connectivity index (χ4v) is 2.44. The van der Waals surface area contributed by atoms with Gasteiger partial charge in [-0.2, -0.15) is 0 Å². The van der Waals surface area contributed by atoms with Crippen molar-refractivity contribution in [1.29, 1.82) is 0 Å². The van der Waals surface area contributed by atoms with E-state index in [4.69, 9.17) is 10.9 Å². The molecule has 0 aromatic heterocycles. The average Bonchev–Trinajstić information content (AvgIpc) is 2.43. The monoisotopic (exact) mass is 255 g/mol. The molecule has 5 heteroatoms. The molecule has 18 heavy (non-hydrogen) atoms. The number of amides is 1. The first-order chi connectivity index (χ1) is 8.60. The fourth-order valence-electron chi connectivity index (χ4n) is 2.44. The van der Waals surface area contributed by atoms with E-state index in [2.05, 4.69) is 10.5 Å². The molecule has 0 aromatic carbocycles. The van der Waals surface area contributed by atoms with Crippen LogP contribution in [0.2, 0.25) is 0 Å². The summed E-state index contributed by atoms with van der Waals surface area (Å²) in [5.74, 6) is 0.364. The summed E-state index contributed by atoms with van der Waals surface area (Å²) in [4.78, 5) is 11.9. The van der Waals surface area contributed by atoms with Gasteiger partial charge in [0.1, 0.15) is 0 Å². The SMILES string of the molecule is CCC(C)C(=O)NC(/C(N)=N/O)C1CCCCC1. The van der Waals surface area contributed by atoms with E-state index < -0.39 is 0 Å². The zero-order chi connectivity index (χ0) is 13.5. The van der Waals surface area contributed by atoms with E-state index in [9.17, 15) is 4.79 Å². The molecule has 2 atom stereocenters. The summed E-state index contributed by atoms with van der Waals surface area (Å²) in [6.07, 6.45) is 6.39. The molecule has 0 heterocycles. The van der Waals surface area contributed by atoms with Crippen LogP contribution in [0.4, 0.5) is 0 Å². The van der Waals surface area contributed by atoms with Gasteiger partial charge < -0.3 is 16.3 Å². The largest absolute Gasteiger partial charge is 0.409 e. The van der Waals surface area contributed by atoms with Crippen molar-refractivity contribution in [3.8, 4) is 0 Å². The van der Waals surface area contributed by atoms with Gasteiger partial charge in [-0.3, -0.25) is 4.79 Å². The van der Waals surface area contributed by atoms with Gasteiger partial charge >= 0.3 is 0 Å². The highest BCUT2D eigenvalue weighted by Crippen LogP contribution is 2.26. The third kappa shape index (κ3) is 3.89. The standard InChI is InChI=1S/C13H25N3O2/c1-3-9(2)13(17)15-11(12(14)16-18)10-7-5-4-6-8-10/h9-11,18H,3-8H2,1-2H3,(H2,14,16)(H,15,17). The van der Waals surface area contributed by atoms with Crippen LogP contribution in [0.15, 0.2) is 5.16 Å². The Balaban J connectivity index is 2.69. The van der Waals surface area contributed by atoms with Crippen molar-refractivity contribution in [3.63, 3.8) is 0 Å². The first kappa shape index (κ1) is 14.8. The predicted octanol–water partition coefficient (Wildman–Crippen LogP) is 1.84. The molecule has 104 valence electrons. The molecule has 1 fully saturated rings. The van der Waals surface area contributed by atoms with Crippen LogP contribution in [0, 0.1) is 11.8 Å². The quantitative estimate of drug-likeness (QED) is 0.303. The molecule has 0 bridgehead atoms. The van der Waals surface area contributed by atoms with E-state index >= 15 is 0 Å². The molecule has 0 spiro atoms. The van der Waals surface area contributed by atoms with E-state index in [0.29, 0.717) is 5.92 Å². The average molecular weight is 255 g/mol. The molecule has 1 aliphatic rings. The van der Waals surface area contributed by atoms with E-state index in [0.717, 1.165) is 32.1 Å². The predicted molar refractivity (Wildman–Crippen MR) is 71.4 cm³/mol. The molecule has 0 aromatic rings. The number of amidine groups is 1. The molecular weight excluding hydrogens is 230 g/mol. The Kier molecular flexibility index (Phi) is 5.95. The van der Waals surface area contributed by atoms with Crippen molar-refractivity contribution < 1.29 is 10.0 Å². The zero-order valence-electron chi connectivity index (χ0n) is 11.4. The van der Waals surface area contributed by atoms with Crippen LogP contribution in [0.5, 0.6) is 0 Å². The Morgan fingerprint density at radius 2 is 2.06 bits per heavy atom. The number of carbonyl (C=O) groups excluding carboxylic acids is 1. The minimum Gasteiger partial charge on any atom is -0.409 e. The van der Waals surface area contributed by atoms with Crippen LogP contribution in [0.1, 0.15) is 52.4 Å². The van der Waals surface area contributed by atoms with Crippen LogP contribution in [0.25, 0.3) is 0 Å². The third-order valence-corrected chi connectivity index (χ3v) is 3.91. The summed E-state index contributed by atoms with van der Waals surface area (Å²) in [6.45, 7) is 3.86. The number of oxime groups is 1. The van der Waals surface area contributed by atoms with Gasteiger partial charge in [0.2, 0.25) is 5.91 Å². The van der Waals surface area contributed by atoms with E-state index in [1.54, 1.807) is 0 Å². The number of nitrogens with one attached hydrogen (secondary N) is 1. The van der Waals surface area contributed by atoms with Gasteiger partial charge in [0.15, 0.2) is 5.84 Å². The highest BCUT2D eigenvalue weighted by Gasteiger charge is 2.29. The summed E-state index contributed by atoms with van der Waals surface area (Å²) in [7, 11) is 0. The molecule has 5 nitrogen and oxygen atoms in total. The Morgan fingerprint density at radius 1 is 1.44 bits per heavy atom. The van der Waals surface area contributed by atoms with Gasteiger partial charge in [-0.1, -0.05) is 38.3 Å². The Morgan fingerprint density at radius 3 is 2.56 bits per heavy atom. The number of hydrogen-bond acceptors (Lipinski definition) is 3. The van der Waals surface area contributed by atoms with Crippen LogP contribution in [-0.2, 0) is 4.79 Å². The minimum absolute atomic E-state index is 0.0142. The maximum atomic E-state index is 11.9. The lowest BCUT2D eigenvalue weighted by molar-refractivity contribution is -0.125. The maximum absolute atomic E-state index is 11.9. The van der Waals surface area contributed by atoms with Gasteiger partial charge in [-0.15, -0.1) is 0 Å². The number of hydrogen-bond donors (Lipinski definition) is 3. The Labute approximate surface area is 109 Å². The second kappa shape index (κ2) is 7.24. The highest BCUT2D eigenvalue weighted by atomic mass is 16.4. The fraction of sp³-hybridized carbons (Fsp3) is 0.846. The molecule has 4 N–H and O–H groups in total. The highest BCUT2D eigenvalue weighted by molar-refractivity contribution is 5.90. The van der Waals surface area contributed by atoms with Crippen LogP contribution in [0.3, 0.4) is 0 Å². The number of nitrogens with two attached hydrogens (primary N) is 1. The lowest BCUT2D eigenvalue weighted by Crippen LogP contribution is -2.51. The number of rotatable bonds is 5. The van der Waals surface area contributed by atoms with Gasteiger partial charge in [0, 0.05) is 5.92 Å². The van der Waals surface area contributed by atoms with Crippen molar-refractivity contribution in [3.05, 3.63) is 0 Å². The molecule has 1 amide bonds. The lowest BCUT2D eigenvalue weighted by Gasteiger charge is -2.30. The molecule has 1 saturated carbocycles. The van der Waals surface area contributed by atoms with Gasteiger partial charge in [0.25, 0.3) is 0 Å². The normalized spacial score (nSPS) is 21.3. The van der Waals surface area contributed by atoms with E-state index in [1.165, 1.54) is 6.42 Å². The minimum atomic E-state index is -0.322. The van der Waals surface area contributed by atoms with E-state index in [1.807, 2.05) is 13.8 Å². The second-order valence-electron chi connectivity index (χ2n) is 5.22. The maximum Gasteiger partial charge on any atom is 0.223 e. The molecule has 0 radical (unpaired) electrons. The molecule has 0 saturated heterocycles. The molecule has 0 aliphatic heterocycles. The first-order valence-electron chi connectivity index (χ1n) is 6.87. The second-order valence-corrected chi connectivity index (χ2v) is 5.22. The van der Waals surface area contributed by atoms with Crippen LogP contribution < -0.4 is 11.1 Å². The van der Waals surface area contributed by atoms with E-state index in [-0.39, 0.29) is 23.7 Å². The van der Waals surface area contributed by atoms with Crippen molar-refractivity contribution in [1.82, 2.24) is 5.32 Å². The lowest BCUT2D eigenvalue weighted by atomic mass is 9.83. The van der Waals surface area contributed by atoms with Gasteiger partial charge in [-0.05, 0) is 25.2 Å². The third-order valence-electron chi connectivity index (χ3n) is 3.91. The van der Waals surface area contributed by atoms with Gasteiger partial charge in [-0.25, -0.2) is 0 Å². The topological polar surface area (TPSA) is 87.7 Å².